The lowest BCUT2D eigenvalue weighted by Gasteiger charge is -2.20. The average Bonchev–Trinajstić information content (AvgIpc) is 2.27. The molecule has 1 aliphatic carbocycles. The van der Waals surface area contributed by atoms with Gasteiger partial charge < -0.3 is 5.11 Å². The Morgan fingerprint density at radius 2 is 2.19 bits per heavy atom. The second kappa shape index (κ2) is 4.69. The number of rotatable bonds is 2. The molecule has 0 bridgehead atoms. The first-order valence-electron chi connectivity index (χ1n) is 5.98. The highest BCUT2D eigenvalue weighted by molar-refractivity contribution is 5.82. The van der Waals surface area contributed by atoms with Crippen molar-refractivity contribution in [2.75, 3.05) is 0 Å². The van der Waals surface area contributed by atoms with Gasteiger partial charge in [0.1, 0.15) is 11.5 Å². The van der Waals surface area contributed by atoms with Crippen LogP contribution < -0.4 is 0 Å². The summed E-state index contributed by atoms with van der Waals surface area (Å²) in [5.74, 6) is 0.817. The predicted molar refractivity (Wildman–Crippen MR) is 63.5 cm³/mol. The van der Waals surface area contributed by atoms with Crippen molar-refractivity contribution in [3.63, 3.8) is 0 Å². The monoisotopic (exact) mass is 218 g/mol. The van der Waals surface area contributed by atoms with E-state index in [1.54, 1.807) is 6.07 Å². The molecule has 86 valence electrons. The minimum atomic E-state index is 0.126. The van der Waals surface area contributed by atoms with Crippen LogP contribution in [0.25, 0.3) is 0 Å². The van der Waals surface area contributed by atoms with Gasteiger partial charge in [-0.3, -0.25) is 4.79 Å². The molecule has 1 N–H and O–H groups in total. The summed E-state index contributed by atoms with van der Waals surface area (Å²) in [7, 11) is 0. The second-order valence-corrected chi connectivity index (χ2v) is 4.75. The summed E-state index contributed by atoms with van der Waals surface area (Å²) in [6.45, 7) is 2.01. The fraction of sp³-hybridized carbons (Fsp3) is 0.500. The van der Waals surface area contributed by atoms with E-state index in [9.17, 15) is 9.90 Å². The Kier molecular flexibility index (Phi) is 3.28. The summed E-state index contributed by atoms with van der Waals surface area (Å²) in [5, 5.41) is 9.74. The Balaban J connectivity index is 2.13. The van der Waals surface area contributed by atoms with E-state index in [0.29, 0.717) is 18.0 Å². The third-order valence-electron chi connectivity index (χ3n) is 3.38. The van der Waals surface area contributed by atoms with Crippen molar-refractivity contribution in [1.82, 2.24) is 0 Å². The number of hydrogen-bond donors (Lipinski definition) is 1. The molecular formula is C14H18O2. The van der Waals surface area contributed by atoms with Crippen LogP contribution in [0.4, 0.5) is 0 Å². The highest BCUT2D eigenvalue weighted by Crippen LogP contribution is 2.28. The smallest absolute Gasteiger partial charge is 0.136 e. The summed E-state index contributed by atoms with van der Waals surface area (Å²) in [6.07, 6.45) is 4.58. The van der Waals surface area contributed by atoms with Gasteiger partial charge in [-0.2, -0.15) is 0 Å². The van der Waals surface area contributed by atoms with Crippen LogP contribution in [0.5, 0.6) is 5.75 Å². The number of benzene rings is 1. The molecular weight excluding hydrogens is 200 g/mol. The largest absolute Gasteiger partial charge is 0.508 e. The predicted octanol–water partition coefficient (Wildman–Crippen LogP) is 3.00. The lowest BCUT2D eigenvalue weighted by Crippen LogP contribution is -2.21. The van der Waals surface area contributed by atoms with Crippen molar-refractivity contribution < 1.29 is 9.90 Å². The maximum atomic E-state index is 11.7. The number of phenolic OH excluding ortho intramolecular Hbond substituents is 1. The lowest BCUT2D eigenvalue weighted by molar-refractivity contribution is -0.124. The zero-order valence-corrected chi connectivity index (χ0v) is 9.70. The van der Waals surface area contributed by atoms with Gasteiger partial charge in [0, 0.05) is 12.3 Å². The molecule has 1 aromatic rings. The number of aromatic hydroxyl groups is 1. The van der Waals surface area contributed by atoms with E-state index in [-0.39, 0.29) is 5.92 Å². The third-order valence-corrected chi connectivity index (χ3v) is 3.38. The van der Waals surface area contributed by atoms with Crippen LogP contribution in [-0.4, -0.2) is 10.9 Å². The van der Waals surface area contributed by atoms with Crippen LogP contribution in [0.15, 0.2) is 18.2 Å². The number of phenols is 1. The average molecular weight is 218 g/mol. The molecule has 1 aromatic carbocycles. The Hall–Kier alpha value is -1.31. The van der Waals surface area contributed by atoms with E-state index in [0.717, 1.165) is 36.8 Å². The maximum Gasteiger partial charge on any atom is 0.136 e. The molecule has 0 radical (unpaired) electrons. The second-order valence-electron chi connectivity index (χ2n) is 4.75. The van der Waals surface area contributed by atoms with E-state index >= 15 is 0 Å². The molecule has 16 heavy (non-hydrogen) atoms. The summed E-state index contributed by atoms with van der Waals surface area (Å²) >= 11 is 0. The highest BCUT2D eigenvalue weighted by Gasteiger charge is 2.23. The normalized spacial score (nSPS) is 21.1. The van der Waals surface area contributed by atoms with Gasteiger partial charge in [0.25, 0.3) is 0 Å². The molecule has 0 amide bonds. The third kappa shape index (κ3) is 2.43. The van der Waals surface area contributed by atoms with Crippen LogP contribution in [0, 0.1) is 12.8 Å². The molecule has 1 saturated carbocycles. The van der Waals surface area contributed by atoms with Gasteiger partial charge in [0.05, 0.1) is 0 Å². The summed E-state index contributed by atoms with van der Waals surface area (Å²) in [6, 6.07) is 5.59. The SMILES string of the molecule is Cc1ccc(O)c(CC2CCCCC2=O)c1. The van der Waals surface area contributed by atoms with Crippen LogP contribution >= 0.6 is 0 Å². The first kappa shape index (κ1) is 11.2. The topological polar surface area (TPSA) is 37.3 Å². The number of carbonyl (C=O) groups is 1. The molecule has 0 aromatic heterocycles. The van der Waals surface area contributed by atoms with Gasteiger partial charge in [0.15, 0.2) is 0 Å². The van der Waals surface area contributed by atoms with Crippen molar-refractivity contribution in [1.29, 1.82) is 0 Å². The van der Waals surface area contributed by atoms with Crippen LogP contribution in [-0.2, 0) is 11.2 Å². The molecule has 0 heterocycles. The molecule has 2 heteroatoms. The van der Waals surface area contributed by atoms with E-state index in [4.69, 9.17) is 0 Å². The molecule has 2 rings (SSSR count). The number of aryl methyl sites for hydroxylation is 1. The highest BCUT2D eigenvalue weighted by atomic mass is 16.3. The van der Waals surface area contributed by atoms with E-state index < -0.39 is 0 Å². The number of carbonyl (C=O) groups excluding carboxylic acids is 1. The molecule has 0 aliphatic heterocycles. The molecule has 0 saturated heterocycles. The fourth-order valence-electron chi connectivity index (χ4n) is 2.41. The summed E-state index contributed by atoms with van der Waals surface area (Å²) in [4.78, 5) is 11.7. The van der Waals surface area contributed by atoms with Crippen molar-refractivity contribution in [3.8, 4) is 5.75 Å². The first-order chi connectivity index (χ1) is 7.66. The van der Waals surface area contributed by atoms with Crippen molar-refractivity contribution in [3.05, 3.63) is 29.3 Å². The van der Waals surface area contributed by atoms with Gasteiger partial charge in [-0.05, 0) is 37.8 Å². The van der Waals surface area contributed by atoms with E-state index in [1.807, 2.05) is 19.1 Å². The zero-order chi connectivity index (χ0) is 11.5. The minimum Gasteiger partial charge on any atom is -0.508 e. The standard InChI is InChI=1S/C14H18O2/c1-10-6-7-14(16)12(8-10)9-11-4-2-3-5-13(11)15/h6-8,11,16H,2-5,9H2,1H3. The Bertz CT molecular complexity index is 396. The van der Waals surface area contributed by atoms with Crippen LogP contribution in [0.1, 0.15) is 36.8 Å². The molecule has 1 aliphatic rings. The number of ketones is 1. The van der Waals surface area contributed by atoms with Gasteiger partial charge >= 0.3 is 0 Å². The number of hydrogen-bond acceptors (Lipinski definition) is 2. The Labute approximate surface area is 96.3 Å². The van der Waals surface area contributed by atoms with Crippen LogP contribution in [0.3, 0.4) is 0 Å². The first-order valence-corrected chi connectivity index (χ1v) is 5.98. The number of Topliss-reactive ketones (excluding diaryl/α,β-unsaturated/α-hetero) is 1. The van der Waals surface area contributed by atoms with E-state index in [1.165, 1.54) is 0 Å². The molecule has 0 spiro atoms. The Morgan fingerprint density at radius 1 is 1.38 bits per heavy atom. The fourth-order valence-corrected chi connectivity index (χ4v) is 2.41. The van der Waals surface area contributed by atoms with Gasteiger partial charge in [-0.25, -0.2) is 0 Å². The maximum absolute atomic E-state index is 11.7. The van der Waals surface area contributed by atoms with E-state index in [2.05, 4.69) is 0 Å². The Morgan fingerprint density at radius 3 is 2.94 bits per heavy atom. The molecule has 1 fully saturated rings. The summed E-state index contributed by atoms with van der Waals surface area (Å²) in [5.41, 5.74) is 2.05. The van der Waals surface area contributed by atoms with Gasteiger partial charge in [-0.15, -0.1) is 0 Å². The van der Waals surface area contributed by atoms with Crippen molar-refractivity contribution >= 4 is 5.78 Å². The summed E-state index contributed by atoms with van der Waals surface area (Å²) < 4.78 is 0. The minimum absolute atomic E-state index is 0.126. The molecule has 1 unspecified atom stereocenters. The zero-order valence-electron chi connectivity index (χ0n) is 9.70. The van der Waals surface area contributed by atoms with Crippen LogP contribution in [0.2, 0.25) is 0 Å². The van der Waals surface area contributed by atoms with Gasteiger partial charge in [0.2, 0.25) is 0 Å². The molecule has 2 nitrogen and oxygen atoms in total. The van der Waals surface area contributed by atoms with Gasteiger partial charge in [-0.1, -0.05) is 24.1 Å². The molecule has 1 atom stereocenters. The van der Waals surface area contributed by atoms with Crippen molar-refractivity contribution in [2.24, 2.45) is 5.92 Å². The lowest BCUT2D eigenvalue weighted by atomic mass is 9.83. The quantitative estimate of drug-likeness (QED) is 0.828. The van der Waals surface area contributed by atoms with Crippen molar-refractivity contribution in [2.45, 2.75) is 39.0 Å².